The van der Waals surface area contributed by atoms with Crippen LogP contribution in [0.15, 0.2) is 29.7 Å². The van der Waals surface area contributed by atoms with E-state index >= 15 is 0 Å². The molecular weight excluding hydrogens is 664 g/mol. The first-order chi connectivity index (χ1) is 20.8. The summed E-state index contributed by atoms with van der Waals surface area (Å²) in [5.74, 6) is 0.138. The van der Waals surface area contributed by atoms with Gasteiger partial charge >= 0.3 is 13.5 Å². The number of imidazole rings is 1. The monoisotopic (exact) mass is 691 g/mol. The van der Waals surface area contributed by atoms with Crippen molar-refractivity contribution in [1.82, 2.24) is 34.1 Å². The lowest BCUT2D eigenvalue weighted by molar-refractivity contribution is -0.0477. The van der Waals surface area contributed by atoms with Gasteiger partial charge in [0.05, 0.1) is 31.0 Å². The number of hydrogen-bond donors (Lipinski definition) is 7. The van der Waals surface area contributed by atoms with Gasteiger partial charge in [-0.3, -0.25) is 23.4 Å². The van der Waals surface area contributed by atoms with E-state index in [2.05, 4.69) is 37.2 Å². The average molecular weight is 692 g/mol. The van der Waals surface area contributed by atoms with Gasteiger partial charge in [-0.15, -0.1) is 0 Å². The number of fused-ring (bicyclic) bond motifs is 2. The van der Waals surface area contributed by atoms with Crippen LogP contribution in [-0.2, 0) is 39.4 Å². The van der Waals surface area contributed by atoms with E-state index in [1.54, 1.807) is 16.8 Å². The van der Waals surface area contributed by atoms with Crippen molar-refractivity contribution in [3.05, 3.63) is 35.3 Å². The number of hydrogen-bond acceptors (Lipinski definition) is 15. The molecule has 4 aromatic rings. The van der Waals surface area contributed by atoms with Crippen molar-refractivity contribution in [1.29, 1.82) is 0 Å². The predicted octanol–water partition coefficient (Wildman–Crippen LogP) is 0.330. The molecule has 8 N–H and O–H groups in total. The van der Waals surface area contributed by atoms with Crippen molar-refractivity contribution in [2.24, 2.45) is 0 Å². The Morgan fingerprint density at radius 2 is 1.93 bits per heavy atom. The molecule has 0 saturated carbocycles. The number of aromatic amines is 1. The molecule has 44 heavy (non-hydrogen) atoms. The molecule has 8 atom stereocenters. The first-order valence-electron chi connectivity index (χ1n) is 12.9. The zero-order valence-corrected chi connectivity index (χ0v) is 25.9. The third kappa shape index (κ3) is 6.41. The van der Waals surface area contributed by atoms with E-state index in [1.807, 2.05) is 0 Å². The molecule has 2 fully saturated rings. The van der Waals surface area contributed by atoms with Crippen LogP contribution in [0, 0.1) is 0 Å². The Balaban J connectivity index is 1.14. The molecule has 6 rings (SSSR count). The molecule has 6 heterocycles. The van der Waals surface area contributed by atoms with Gasteiger partial charge in [0.15, 0.2) is 17.4 Å². The highest BCUT2D eigenvalue weighted by molar-refractivity contribution is 8.44. The fraction of sp³-hybridized carbons (Fsp3) is 0.476. The molecular formula is C21H27N9O10P2S2. The quantitative estimate of drug-likeness (QED) is 0.0872. The Kier molecular flexibility index (Phi) is 8.59. The fourth-order valence-electron chi connectivity index (χ4n) is 5.11. The van der Waals surface area contributed by atoms with Crippen LogP contribution in [0.25, 0.3) is 22.2 Å². The summed E-state index contributed by atoms with van der Waals surface area (Å²) < 4.78 is 42.9. The van der Waals surface area contributed by atoms with Crippen molar-refractivity contribution in [3.63, 3.8) is 0 Å². The van der Waals surface area contributed by atoms with E-state index in [4.69, 9.17) is 46.3 Å². The van der Waals surface area contributed by atoms with Gasteiger partial charge < -0.3 is 44.9 Å². The van der Waals surface area contributed by atoms with Gasteiger partial charge in [-0.2, -0.15) is 4.98 Å². The molecule has 0 amide bonds. The van der Waals surface area contributed by atoms with Crippen LogP contribution in [0.3, 0.4) is 0 Å². The second-order valence-corrected chi connectivity index (χ2v) is 15.5. The standard InChI is InChI=1S/C21H27N9O10P2S2/c22-16-10-3-4-29(17(10)25-7-24-16)20-14(31)15(11(39-20)6-36-41(33,34)43)40-42(35,44)37-5-9-1-2-12(38-9)30-8-26-13-18(30)27-21(23)28-19(13)32/h3-4,7-9,11-12,14-15,20,31H,1-2,5-6H2,(H,35,44)(H2,22,24,25)(H2,33,34,43)(H3,23,27,28,32)/t9?,11-,12-,14-,15?,20-,42?/m1/s1. The molecule has 19 nitrogen and oxygen atoms in total. The van der Waals surface area contributed by atoms with Crippen molar-refractivity contribution < 1.29 is 42.5 Å². The van der Waals surface area contributed by atoms with Gasteiger partial charge in [0.2, 0.25) is 5.95 Å². The second-order valence-electron chi connectivity index (χ2n) is 9.96. The van der Waals surface area contributed by atoms with Crippen LogP contribution in [-0.4, -0.2) is 86.6 Å². The molecule has 4 unspecified atom stereocenters. The minimum atomic E-state index is -4.25. The number of nitrogens with two attached hydrogens (primary N) is 2. The van der Waals surface area contributed by atoms with Gasteiger partial charge in [0, 0.05) is 6.20 Å². The van der Waals surface area contributed by atoms with Crippen molar-refractivity contribution >= 4 is 71.5 Å². The minimum absolute atomic E-state index is 0.0668. The van der Waals surface area contributed by atoms with E-state index in [0.717, 1.165) is 0 Å². The molecule has 0 aliphatic carbocycles. The van der Waals surface area contributed by atoms with Crippen molar-refractivity contribution in [2.75, 3.05) is 24.7 Å². The van der Waals surface area contributed by atoms with Gasteiger partial charge in [0.1, 0.15) is 42.3 Å². The van der Waals surface area contributed by atoms with Crippen LogP contribution < -0.4 is 17.0 Å². The summed E-state index contributed by atoms with van der Waals surface area (Å²) in [6, 6.07) is 1.63. The fourth-order valence-corrected chi connectivity index (χ4v) is 7.11. The van der Waals surface area contributed by atoms with E-state index in [1.165, 1.54) is 17.2 Å². The van der Waals surface area contributed by atoms with Crippen LogP contribution in [0.4, 0.5) is 11.8 Å². The van der Waals surface area contributed by atoms with Crippen molar-refractivity contribution in [2.45, 2.75) is 49.7 Å². The van der Waals surface area contributed by atoms with Gasteiger partial charge in [-0.05, 0) is 30.7 Å². The first kappa shape index (κ1) is 31.5. The predicted molar refractivity (Wildman–Crippen MR) is 160 cm³/mol. The highest BCUT2D eigenvalue weighted by Crippen LogP contribution is 2.51. The summed E-state index contributed by atoms with van der Waals surface area (Å²) in [7, 11) is 0. The number of nitrogens with one attached hydrogen (secondary N) is 1. The van der Waals surface area contributed by atoms with E-state index in [-0.39, 0.29) is 29.5 Å². The molecule has 0 bridgehead atoms. The third-order valence-electron chi connectivity index (χ3n) is 7.06. The lowest BCUT2D eigenvalue weighted by Crippen LogP contribution is -2.36. The lowest BCUT2D eigenvalue weighted by Gasteiger charge is -2.26. The molecule has 4 aromatic heterocycles. The maximum absolute atomic E-state index is 12.1. The third-order valence-corrected chi connectivity index (χ3v) is 9.45. The zero-order chi connectivity index (χ0) is 31.4. The number of aromatic nitrogens is 7. The summed E-state index contributed by atoms with van der Waals surface area (Å²) in [5.41, 5.74) is 11.8. The topological polar surface area (TPSA) is 270 Å². The van der Waals surface area contributed by atoms with Gasteiger partial charge in [-0.1, -0.05) is 12.2 Å². The maximum Gasteiger partial charge on any atom is 0.383 e. The average Bonchev–Trinajstić information content (AvgIpc) is 3.73. The molecule has 0 radical (unpaired) electrons. The van der Waals surface area contributed by atoms with Crippen LogP contribution in [0.1, 0.15) is 25.3 Å². The summed E-state index contributed by atoms with van der Waals surface area (Å²) in [4.78, 5) is 51.3. The molecule has 0 spiro atoms. The van der Waals surface area contributed by atoms with Gasteiger partial charge in [-0.25, -0.2) is 19.5 Å². The summed E-state index contributed by atoms with van der Waals surface area (Å²) >= 11 is 8.74. The Labute approximate surface area is 257 Å². The normalized spacial score (nSPS) is 28.5. The number of aliphatic hydroxyl groups excluding tert-OH is 1. The zero-order valence-electron chi connectivity index (χ0n) is 22.4. The van der Waals surface area contributed by atoms with Crippen LogP contribution in [0.2, 0.25) is 0 Å². The summed E-state index contributed by atoms with van der Waals surface area (Å²) in [6.45, 7) is -9.04. The molecule has 0 aromatic carbocycles. The molecule has 2 saturated heterocycles. The number of nitrogen functional groups attached to an aromatic ring is 2. The maximum atomic E-state index is 12.1. The number of anilines is 2. The lowest BCUT2D eigenvalue weighted by atomic mass is 10.1. The molecule has 2 aliphatic rings. The molecule has 2 aliphatic heterocycles. The number of H-pyrrole nitrogens is 1. The Morgan fingerprint density at radius 1 is 1.14 bits per heavy atom. The number of nitrogens with zero attached hydrogens (tertiary/aromatic N) is 6. The second kappa shape index (κ2) is 12.0. The smallest absolute Gasteiger partial charge is 0.383 e. The number of aliphatic hydroxyl groups is 1. The van der Waals surface area contributed by atoms with Crippen molar-refractivity contribution in [3.8, 4) is 0 Å². The van der Waals surface area contributed by atoms with E-state index in [9.17, 15) is 24.3 Å². The molecule has 23 heteroatoms. The summed E-state index contributed by atoms with van der Waals surface area (Å²) in [6.07, 6.45) is -1.04. The highest BCUT2D eigenvalue weighted by atomic mass is 32.7. The van der Waals surface area contributed by atoms with E-state index < -0.39 is 62.6 Å². The summed E-state index contributed by atoms with van der Waals surface area (Å²) in [5, 5.41) is 11.7. The van der Waals surface area contributed by atoms with Crippen LogP contribution >= 0.6 is 25.8 Å². The SMILES string of the molecule is Nc1nc2c(ncn2[C@H]2CCC(COP(O)(=S)OC3[C@@H](O)[C@H](n4ccc5c(N)ncnc54)O[C@@H]3COP(=O)(O)S)O2)c(=O)[nH]1. The Hall–Kier alpha value is -2.52. The minimum Gasteiger partial charge on any atom is -0.386 e. The highest BCUT2D eigenvalue weighted by Gasteiger charge is 2.49. The van der Waals surface area contributed by atoms with Gasteiger partial charge in [0.25, 0.3) is 5.56 Å². The van der Waals surface area contributed by atoms with Crippen LogP contribution in [0.5, 0.6) is 0 Å². The Bertz CT molecular complexity index is 1850. The number of thiol groups is 1. The number of ether oxygens (including phenoxy) is 2. The number of rotatable bonds is 10. The first-order valence-corrected chi connectivity index (χ1v) is 18.3. The van der Waals surface area contributed by atoms with E-state index in [0.29, 0.717) is 23.9 Å². The Morgan fingerprint density at radius 3 is 2.70 bits per heavy atom. The largest absolute Gasteiger partial charge is 0.386 e. The molecule has 238 valence electrons.